The number of nitrogens with zero attached hydrogens (tertiary/aromatic N) is 1. The number of phosphoric acid groups is 1. The number of carbonyl (C=O) groups excluding carboxylic acids is 2. The number of rotatable bonds is 49. The second kappa shape index (κ2) is 47.1. The number of unbranched alkanes of at least 4 members (excludes halogenated alkanes) is 27. The molecule has 0 spiro atoms. The molecule has 0 fully saturated rings. The van der Waals surface area contributed by atoms with Crippen LogP contribution in [0.15, 0.2) is 48.6 Å². The Hall–Kier alpha value is -2.03. The molecule has 9 nitrogen and oxygen atoms in total. The van der Waals surface area contributed by atoms with Crippen molar-refractivity contribution in [1.29, 1.82) is 0 Å². The Balaban J connectivity index is 4.09. The molecular weight excluding hydrogens is 834 g/mol. The number of esters is 2. The smallest absolute Gasteiger partial charge is 0.462 e. The minimum atomic E-state index is -4.40. The van der Waals surface area contributed by atoms with Gasteiger partial charge in [-0.2, -0.15) is 0 Å². The zero-order valence-electron chi connectivity index (χ0n) is 43.0. The maximum Gasteiger partial charge on any atom is 0.472 e. The summed E-state index contributed by atoms with van der Waals surface area (Å²) in [6.45, 7) is 4.25. The van der Waals surface area contributed by atoms with Gasteiger partial charge in [0, 0.05) is 12.8 Å². The van der Waals surface area contributed by atoms with E-state index in [1.54, 1.807) is 0 Å². The number of hydrogen-bond donors (Lipinski definition) is 1. The number of hydrogen-bond acceptors (Lipinski definition) is 7. The standard InChI is InChI=1S/C55H102NO8P/c1-6-8-10-12-14-16-18-20-21-22-23-24-25-26-27-28-29-30-31-32-33-34-36-37-39-41-43-45-47-54(57)61-51-53(52-63-65(59,60)62-50-49-56(3,4)5)64-55(58)48-46-44-42-40-38-35-19-17-15-13-11-9-7-2/h9,11,15,17,35,38,42,44,53H,6-8,10,12-14,16,18-34,36-37,39-41,43,45-52H2,1-5H3/p+1/b11-9-,17-15-,38-35-,44-42-. The third kappa shape index (κ3) is 51.2. The van der Waals surface area contributed by atoms with Crippen LogP contribution in [0, 0.1) is 0 Å². The van der Waals surface area contributed by atoms with Crippen molar-refractivity contribution in [3.05, 3.63) is 48.6 Å². The minimum Gasteiger partial charge on any atom is -0.462 e. The van der Waals surface area contributed by atoms with Gasteiger partial charge in [0.2, 0.25) is 0 Å². The van der Waals surface area contributed by atoms with Gasteiger partial charge in [-0.1, -0.05) is 236 Å². The summed E-state index contributed by atoms with van der Waals surface area (Å²) in [5.74, 6) is -0.886. The summed E-state index contributed by atoms with van der Waals surface area (Å²) in [7, 11) is 1.44. The van der Waals surface area contributed by atoms with E-state index in [1.165, 1.54) is 161 Å². The fourth-order valence-electron chi connectivity index (χ4n) is 7.50. The summed E-state index contributed by atoms with van der Waals surface area (Å²) in [5, 5.41) is 0. The van der Waals surface area contributed by atoms with Gasteiger partial charge in [0.05, 0.1) is 27.7 Å². The molecule has 380 valence electrons. The number of ether oxygens (including phenoxy) is 2. The number of phosphoric ester groups is 1. The molecule has 0 saturated carbocycles. The van der Waals surface area contributed by atoms with E-state index in [0.717, 1.165) is 44.9 Å². The molecule has 0 saturated heterocycles. The SMILES string of the molecule is CC/C=C\C/C=C\C/C=C\C/C=C\CCC(=O)OC(COC(=O)CCCCCCCCCCCCCCCCCCCCCCCCCCCCCC)COP(=O)(O)OCC[N+](C)(C)C. The van der Waals surface area contributed by atoms with Crippen LogP contribution in [0.2, 0.25) is 0 Å². The van der Waals surface area contributed by atoms with Gasteiger partial charge in [-0.15, -0.1) is 0 Å². The molecule has 0 rings (SSSR count). The molecule has 2 unspecified atom stereocenters. The summed E-state index contributed by atoms with van der Waals surface area (Å²) in [6.07, 6.45) is 57.9. The highest BCUT2D eigenvalue weighted by Crippen LogP contribution is 2.43. The number of carbonyl (C=O) groups is 2. The van der Waals surface area contributed by atoms with Crippen molar-refractivity contribution in [2.45, 2.75) is 245 Å². The summed E-state index contributed by atoms with van der Waals surface area (Å²) in [5.41, 5.74) is 0. The van der Waals surface area contributed by atoms with Crippen molar-refractivity contribution < 1.29 is 42.1 Å². The summed E-state index contributed by atoms with van der Waals surface area (Å²) < 4.78 is 34.3. The molecule has 2 atom stereocenters. The first-order valence-electron chi connectivity index (χ1n) is 26.9. The van der Waals surface area contributed by atoms with Crippen LogP contribution in [0.25, 0.3) is 0 Å². The molecular formula is C55H103NO8P+. The lowest BCUT2D eigenvalue weighted by molar-refractivity contribution is -0.870. The van der Waals surface area contributed by atoms with Gasteiger partial charge in [-0.3, -0.25) is 18.6 Å². The zero-order chi connectivity index (χ0) is 47.8. The Morgan fingerprint density at radius 2 is 0.877 bits per heavy atom. The molecule has 0 aliphatic rings. The van der Waals surface area contributed by atoms with Crippen LogP contribution >= 0.6 is 7.82 Å². The predicted octanol–water partition coefficient (Wildman–Crippen LogP) is 16.2. The normalized spacial score (nSPS) is 13.8. The van der Waals surface area contributed by atoms with E-state index in [-0.39, 0.29) is 32.0 Å². The second-order valence-electron chi connectivity index (χ2n) is 19.2. The van der Waals surface area contributed by atoms with E-state index in [2.05, 4.69) is 50.3 Å². The monoisotopic (exact) mass is 937 g/mol. The van der Waals surface area contributed by atoms with Gasteiger partial charge in [0.1, 0.15) is 19.8 Å². The maximum atomic E-state index is 12.7. The van der Waals surface area contributed by atoms with Crippen molar-refractivity contribution in [2.75, 3.05) is 47.5 Å². The van der Waals surface area contributed by atoms with Crippen LogP contribution < -0.4 is 0 Å². The third-order valence-electron chi connectivity index (χ3n) is 11.6. The van der Waals surface area contributed by atoms with Gasteiger partial charge in [0.25, 0.3) is 0 Å². The molecule has 1 N–H and O–H groups in total. The van der Waals surface area contributed by atoms with E-state index in [1.807, 2.05) is 33.3 Å². The Morgan fingerprint density at radius 1 is 0.492 bits per heavy atom. The van der Waals surface area contributed by atoms with Crippen LogP contribution in [0.1, 0.15) is 239 Å². The number of allylic oxidation sites excluding steroid dienone is 8. The fourth-order valence-corrected chi connectivity index (χ4v) is 8.24. The average molecular weight is 937 g/mol. The second-order valence-corrected chi connectivity index (χ2v) is 20.7. The van der Waals surface area contributed by atoms with Crippen LogP contribution in [0.5, 0.6) is 0 Å². The van der Waals surface area contributed by atoms with E-state index in [0.29, 0.717) is 17.4 Å². The highest BCUT2D eigenvalue weighted by atomic mass is 31.2. The lowest BCUT2D eigenvalue weighted by Crippen LogP contribution is -2.37. The molecule has 0 aromatic carbocycles. The highest BCUT2D eigenvalue weighted by Gasteiger charge is 2.27. The van der Waals surface area contributed by atoms with Crippen LogP contribution in [0.4, 0.5) is 0 Å². The van der Waals surface area contributed by atoms with Crippen molar-refractivity contribution in [1.82, 2.24) is 0 Å². The Labute approximate surface area is 401 Å². The molecule has 0 aromatic rings. The summed E-state index contributed by atoms with van der Waals surface area (Å²) in [6, 6.07) is 0. The molecule has 10 heteroatoms. The number of likely N-dealkylation sites (N-methyl/N-ethyl adjacent to an activating group) is 1. The largest absolute Gasteiger partial charge is 0.472 e. The first-order chi connectivity index (χ1) is 31.5. The van der Waals surface area contributed by atoms with Gasteiger partial charge in [-0.05, 0) is 38.5 Å². The molecule has 0 radical (unpaired) electrons. The Kier molecular flexibility index (Phi) is 45.6. The topological polar surface area (TPSA) is 108 Å². The van der Waals surface area contributed by atoms with Crippen LogP contribution in [-0.4, -0.2) is 74.9 Å². The molecule has 0 heterocycles. The van der Waals surface area contributed by atoms with Crippen molar-refractivity contribution in [3.63, 3.8) is 0 Å². The molecule has 0 amide bonds. The van der Waals surface area contributed by atoms with Crippen molar-refractivity contribution in [3.8, 4) is 0 Å². The van der Waals surface area contributed by atoms with E-state index >= 15 is 0 Å². The lowest BCUT2D eigenvalue weighted by Gasteiger charge is -2.24. The zero-order valence-corrected chi connectivity index (χ0v) is 43.9. The van der Waals surface area contributed by atoms with Crippen molar-refractivity contribution in [2.24, 2.45) is 0 Å². The quantitative estimate of drug-likeness (QED) is 0.0211. The molecule has 0 aliphatic carbocycles. The van der Waals surface area contributed by atoms with Crippen LogP contribution in [0.3, 0.4) is 0 Å². The minimum absolute atomic E-state index is 0.0191. The molecule has 65 heavy (non-hydrogen) atoms. The third-order valence-corrected chi connectivity index (χ3v) is 12.6. The van der Waals surface area contributed by atoms with Gasteiger partial charge in [0.15, 0.2) is 6.10 Å². The Bertz CT molecular complexity index is 1240. The lowest BCUT2D eigenvalue weighted by atomic mass is 10.0. The van der Waals surface area contributed by atoms with Gasteiger partial charge >= 0.3 is 19.8 Å². The maximum absolute atomic E-state index is 12.7. The first kappa shape index (κ1) is 63.0. The van der Waals surface area contributed by atoms with Gasteiger partial charge in [-0.25, -0.2) is 4.57 Å². The highest BCUT2D eigenvalue weighted by molar-refractivity contribution is 7.47. The Morgan fingerprint density at radius 3 is 1.28 bits per heavy atom. The predicted molar refractivity (Wildman–Crippen MR) is 275 cm³/mol. The molecule has 0 bridgehead atoms. The summed E-state index contributed by atoms with van der Waals surface area (Å²) in [4.78, 5) is 35.4. The van der Waals surface area contributed by atoms with Crippen LogP contribution in [-0.2, 0) is 32.7 Å². The van der Waals surface area contributed by atoms with Gasteiger partial charge < -0.3 is 18.9 Å². The molecule has 0 aromatic heterocycles. The van der Waals surface area contributed by atoms with E-state index in [4.69, 9.17) is 18.5 Å². The first-order valence-corrected chi connectivity index (χ1v) is 28.4. The fraction of sp³-hybridized carbons (Fsp3) is 0.818. The summed E-state index contributed by atoms with van der Waals surface area (Å²) >= 11 is 0. The van der Waals surface area contributed by atoms with Crippen molar-refractivity contribution >= 4 is 19.8 Å². The number of quaternary nitrogens is 1. The van der Waals surface area contributed by atoms with E-state index in [9.17, 15) is 19.0 Å². The average Bonchev–Trinajstić information content (AvgIpc) is 3.26. The van der Waals surface area contributed by atoms with E-state index < -0.39 is 26.5 Å². The molecule has 0 aliphatic heterocycles.